The standard InChI is InChI=1S/C14H14BrNOS/c15-14-11-5-2-1-4-10(11)7-8-12(14)17-9-3-6-13(16)18/h1-2,4-5,7-8H,3,6,9H2,(H2,16,18). The fourth-order valence-electron chi connectivity index (χ4n) is 1.75. The largest absolute Gasteiger partial charge is 0.492 e. The molecular weight excluding hydrogens is 310 g/mol. The molecule has 0 saturated heterocycles. The van der Waals surface area contributed by atoms with E-state index in [4.69, 9.17) is 22.7 Å². The van der Waals surface area contributed by atoms with Gasteiger partial charge in [0.25, 0.3) is 0 Å². The summed E-state index contributed by atoms with van der Waals surface area (Å²) in [6.45, 7) is 0.619. The van der Waals surface area contributed by atoms with Crippen LogP contribution in [0.2, 0.25) is 0 Å². The summed E-state index contributed by atoms with van der Waals surface area (Å²) < 4.78 is 6.73. The van der Waals surface area contributed by atoms with E-state index in [9.17, 15) is 0 Å². The van der Waals surface area contributed by atoms with Crippen LogP contribution in [0.3, 0.4) is 0 Å². The first-order chi connectivity index (χ1) is 8.68. The molecule has 2 rings (SSSR count). The number of nitrogens with two attached hydrogens (primary N) is 1. The Morgan fingerprint density at radius 1 is 1.22 bits per heavy atom. The Hall–Kier alpha value is -1.13. The topological polar surface area (TPSA) is 35.2 Å². The molecule has 2 N–H and O–H groups in total. The van der Waals surface area contributed by atoms with Crippen molar-refractivity contribution in [2.75, 3.05) is 6.61 Å². The van der Waals surface area contributed by atoms with Gasteiger partial charge in [-0.25, -0.2) is 0 Å². The van der Waals surface area contributed by atoms with Crippen LogP contribution in [-0.2, 0) is 0 Å². The highest BCUT2D eigenvalue weighted by atomic mass is 79.9. The van der Waals surface area contributed by atoms with Crippen molar-refractivity contribution in [1.29, 1.82) is 0 Å². The van der Waals surface area contributed by atoms with Crippen molar-refractivity contribution in [3.05, 3.63) is 40.9 Å². The SMILES string of the molecule is NC(=S)CCCOc1ccc2ccccc2c1Br. The number of hydrogen-bond acceptors (Lipinski definition) is 2. The second-order valence-electron chi connectivity index (χ2n) is 4.02. The zero-order valence-electron chi connectivity index (χ0n) is 9.86. The molecule has 2 nitrogen and oxygen atoms in total. The van der Waals surface area contributed by atoms with E-state index in [1.165, 1.54) is 5.39 Å². The molecule has 2 aromatic rings. The van der Waals surface area contributed by atoms with Crippen LogP contribution in [0.1, 0.15) is 12.8 Å². The van der Waals surface area contributed by atoms with E-state index in [2.05, 4.69) is 34.1 Å². The van der Waals surface area contributed by atoms with E-state index in [-0.39, 0.29) is 0 Å². The van der Waals surface area contributed by atoms with Gasteiger partial charge in [-0.15, -0.1) is 0 Å². The Balaban J connectivity index is 2.09. The predicted molar refractivity (Wildman–Crippen MR) is 83.2 cm³/mol. The molecule has 0 unspecified atom stereocenters. The quantitative estimate of drug-likeness (QED) is 0.666. The van der Waals surface area contributed by atoms with E-state index in [1.54, 1.807) is 0 Å². The van der Waals surface area contributed by atoms with Crippen molar-refractivity contribution >= 4 is 43.9 Å². The van der Waals surface area contributed by atoms with Crippen LogP contribution < -0.4 is 10.5 Å². The second kappa shape index (κ2) is 6.16. The first-order valence-electron chi connectivity index (χ1n) is 5.77. The molecule has 0 aliphatic rings. The Morgan fingerprint density at radius 3 is 2.78 bits per heavy atom. The lowest BCUT2D eigenvalue weighted by molar-refractivity contribution is 0.312. The van der Waals surface area contributed by atoms with Gasteiger partial charge in [0.2, 0.25) is 0 Å². The van der Waals surface area contributed by atoms with E-state index in [1.807, 2.05) is 18.2 Å². The number of benzene rings is 2. The van der Waals surface area contributed by atoms with Crippen molar-refractivity contribution < 1.29 is 4.74 Å². The average molecular weight is 324 g/mol. The maximum absolute atomic E-state index is 5.73. The predicted octanol–water partition coefficient (Wildman–Crippen LogP) is 4.05. The Bertz CT molecular complexity index is 571. The van der Waals surface area contributed by atoms with Gasteiger partial charge >= 0.3 is 0 Å². The zero-order valence-corrected chi connectivity index (χ0v) is 12.3. The normalized spacial score (nSPS) is 10.5. The third-order valence-electron chi connectivity index (χ3n) is 2.65. The molecule has 0 spiro atoms. The molecule has 0 amide bonds. The summed E-state index contributed by atoms with van der Waals surface area (Å²) in [6, 6.07) is 12.2. The van der Waals surface area contributed by atoms with Gasteiger partial charge in [0.15, 0.2) is 0 Å². The van der Waals surface area contributed by atoms with Crippen LogP contribution in [0.15, 0.2) is 40.9 Å². The fraction of sp³-hybridized carbons (Fsp3) is 0.214. The molecule has 0 fully saturated rings. The average Bonchev–Trinajstić information content (AvgIpc) is 2.37. The minimum atomic E-state index is 0.538. The summed E-state index contributed by atoms with van der Waals surface area (Å²) in [6.07, 6.45) is 1.56. The highest BCUT2D eigenvalue weighted by molar-refractivity contribution is 9.10. The smallest absolute Gasteiger partial charge is 0.134 e. The molecule has 0 aliphatic carbocycles. The third-order valence-corrected chi connectivity index (χ3v) is 3.68. The lowest BCUT2D eigenvalue weighted by Crippen LogP contribution is -2.09. The summed E-state index contributed by atoms with van der Waals surface area (Å²) >= 11 is 8.41. The number of thiocarbonyl (C=S) groups is 1. The summed E-state index contributed by atoms with van der Waals surface area (Å²) in [5.74, 6) is 0.858. The number of halogens is 1. The van der Waals surface area contributed by atoms with E-state index < -0.39 is 0 Å². The van der Waals surface area contributed by atoms with Crippen LogP contribution in [0.5, 0.6) is 5.75 Å². The van der Waals surface area contributed by atoms with E-state index in [0.717, 1.165) is 28.5 Å². The first kappa shape index (κ1) is 13.3. The Morgan fingerprint density at radius 2 is 2.00 bits per heavy atom. The molecule has 0 heterocycles. The maximum Gasteiger partial charge on any atom is 0.134 e. The van der Waals surface area contributed by atoms with Gasteiger partial charge in [0.05, 0.1) is 16.1 Å². The lowest BCUT2D eigenvalue weighted by Gasteiger charge is -2.10. The van der Waals surface area contributed by atoms with Crippen molar-refractivity contribution in [2.24, 2.45) is 5.73 Å². The molecule has 18 heavy (non-hydrogen) atoms. The molecule has 0 aliphatic heterocycles. The van der Waals surface area contributed by atoms with Crippen molar-refractivity contribution in [2.45, 2.75) is 12.8 Å². The molecule has 2 aromatic carbocycles. The molecule has 0 atom stereocenters. The minimum absolute atomic E-state index is 0.538. The van der Waals surface area contributed by atoms with Crippen LogP contribution in [0.4, 0.5) is 0 Å². The van der Waals surface area contributed by atoms with E-state index >= 15 is 0 Å². The van der Waals surface area contributed by atoms with Gasteiger partial charge in [-0.2, -0.15) is 0 Å². The summed E-state index contributed by atoms with van der Waals surface area (Å²) in [7, 11) is 0. The third kappa shape index (κ3) is 3.21. The highest BCUT2D eigenvalue weighted by Crippen LogP contribution is 2.33. The van der Waals surface area contributed by atoms with Gasteiger partial charge in [0.1, 0.15) is 5.75 Å². The molecule has 0 saturated carbocycles. The van der Waals surface area contributed by atoms with Crippen molar-refractivity contribution in [3.63, 3.8) is 0 Å². The molecular formula is C14H14BrNOS. The minimum Gasteiger partial charge on any atom is -0.492 e. The second-order valence-corrected chi connectivity index (χ2v) is 5.33. The fourth-order valence-corrected chi connectivity index (χ4v) is 2.51. The monoisotopic (exact) mass is 323 g/mol. The zero-order chi connectivity index (χ0) is 13.0. The summed E-state index contributed by atoms with van der Waals surface area (Å²) in [5, 5.41) is 2.35. The summed E-state index contributed by atoms with van der Waals surface area (Å²) in [5.41, 5.74) is 5.44. The van der Waals surface area contributed by atoms with Gasteiger partial charge in [-0.05, 0) is 39.2 Å². The van der Waals surface area contributed by atoms with Gasteiger partial charge in [-0.3, -0.25) is 0 Å². The molecule has 0 aromatic heterocycles. The van der Waals surface area contributed by atoms with Gasteiger partial charge in [0, 0.05) is 6.42 Å². The Labute approximate surface area is 120 Å². The number of fused-ring (bicyclic) bond motifs is 1. The first-order valence-corrected chi connectivity index (χ1v) is 6.97. The highest BCUT2D eigenvalue weighted by Gasteiger charge is 2.05. The molecule has 0 radical (unpaired) electrons. The van der Waals surface area contributed by atoms with Crippen molar-refractivity contribution in [3.8, 4) is 5.75 Å². The van der Waals surface area contributed by atoms with Crippen LogP contribution in [0, 0.1) is 0 Å². The molecule has 94 valence electrons. The maximum atomic E-state index is 5.73. The number of ether oxygens (including phenoxy) is 1. The van der Waals surface area contributed by atoms with Crippen LogP contribution >= 0.6 is 28.1 Å². The van der Waals surface area contributed by atoms with Gasteiger partial charge in [-0.1, -0.05) is 42.5 Å². The van der Waals surface area contributed by atoms with Crippen LogP contribution in [0.25, 0.3) is 10.8 Å². The molecule has 4 heteroatoms. The summed E-state index contributed by atoms with van der Waals surface area (Å²) in [4.78, 5) is 0.538. The van der Waals surface area contributed by atoms with E-state index in [0.29, 0.717) is 11.6 Å². The number of hydrogen-bond donors (Lipinski definition) is 1. The van der Waals surface area contributed by atoms with Gasteiger partial charge < -0.3 is 10.5 Å². The number of rotatable bonds is 5. The lowest BCUT2D eigenvalue weighted by atomic mass is 10.1. The Kier molecular flexibility index (Phi) is 4.55. The van der Waals surface area contributed by atoms with Crippen molar-refractivity contribution in [1.82, 2.24) is 0 Å². The molecule has 0 bridgehead atoms. The van der Waals surface area contributed by atoms with Crippen LogP contribution in [-0.4, -0.2) is 11.6 Å².